The van der Waals surface area contributed by atoms with Crippen LogP contribution in [0.2, 0.25) is 0 Å². The highest BCUT2D eigenvalue weighted by molar-refractivity contribution is 5.96. The van der Waals surface area contributed by atoms with Crippen molar-refractivity contribution in [2.45, 2.75) is 45.1 Å². The molecule has 0 saturated heterocycles. The lowest BCUT2D eigenvalue weighted by molar-refractivity contribution is 0.0822. The molecule has 1 aromatic heterocycles. The van der Waals surface area contributed by atoms with Gasteiger partial charge in [0, 0.05) is 37.5 Å². The molecule has 1 aliphatic rings. The average molecular weight is 262 g/mol. The molecule has 0 aliphatic heterocycles. The molecule has 0 unspecified atom stereocenters. The number of carbonyl (C=O) groups excluding carboxylic acids is 1. The number of amides is 1. The summed E-state index contributed by atoms with van der Waals surface area (Å²) in [6, 6.07) is 1.91. The number of ether oxygens (including phenoxy) is 1. The van der Waals surface area contributed by atoms with E-state index in [1.807, 2.05) is 6.07 Å². The summed E-state index contributed by atoms with van der Waals surface area (Å²) in [5.74, 6) is 0.602. The van der Waals surface area contributed by atoms with Crippen LogP contribution in [0.3, 0.4) is 0 Å². The fraction of sp³-hybridized carbons (Fsp3) is 0.600. The maximum Gasteiger partial charge on any atom is 0.258 e. The third-order valence-electron chi connectivity index (χ3n) is 3.09. The first-order chi connectivity index (χ1) is 8.79. The van der Waals surface area contributed by atoms with E-state index >= 15 is 0 Å². The molecule has 0 aromatic carbocycles. The summed E-state index contributed by atoms with van der Waals surface area (Å²) < 4.78 is 5.88. The van der Waals surface area contributed by atoms with E-state index in [2.05, 4.69) is 25.8 Å². The third kappa shape index (κ3) is 3.25. The van der Waals surface area contributed by atoms with Gasteiger partial charge in [-0.3, -0.25) is 9.78 Å². The van der Waals surface area contributed by atoms with Crippen molar-refractivity contribution in [3.63, 3.8) is 0 Å². The molecule has 1 amide bonds. The first kappa shape index (κ1) is 13.8. The highest BCUT2D eigenvalue weighted by Gasteiger charge is 2.28. The molecular formula is C15H22N2O2. The Morgan fingerprint density at radius 3 is 2.47 bits per heavy atom. The van der Waals surface area contributed by atoms with Gasteiger partial charge in [0.05, 0.1) is 11.7 Å². The Morgan fingerprint density at radius 1 is 1.37 bits per heavy atom. The molecule has 2 rings (SSSR count). The maximum atomic E-state index is 12.1. The molecule has 104 valence electrons. The van der Waals surface area contributed by atoms with Gasteiger partial charge in [-0.25, -0.2) is 0 Å². The smallest absolute Gasteiger partial charge is 0.258 e. The minimum Gasteiger partial charge on any atom is -0.489 e. The van der Waals surface area contributed by atoms with Crippen molar-refractivity contribution in [3.8, 4) is 5.75 Å². The van der Waals surface area contributed by atoms with Crippen LogP contribution in [0, 0.1) is 0 Å². The minimum atomic E-state index is -0.0661. The predicted octanol–water partition coefficient (Wildman–Crippen LogP) is 2.62. The summed E-state index contributed by atoms with van der Waals surface area (Å²) in [6.45, 7) is 6.30. The van der Waals surface area contributed by atoms with Gasteiger partial charge >= 0.3 is 0 Å². The lowest BCUT2D eigenvalue weighted by atomic mass is 9.91. The van der Waals surface area contributed by atoms with E-state index in [1.165, 1.54) is 0 Å². The quantitative estimate of drug-likeness (QED) is 0.841. The van der Waals surface area contributed by atoms with Gasteiger partial charge in [-0.15, -0.1) is 0 Å². The van der Waals surface area contributed by atoms with Gasteiger partial charge in [0.15, 0.2) is 0 Å². The Balaban J connectivity index is 2.39. The van der Waals surface area contributed by atoms with E-state index in [1.54, 1.807) is 25.2 Å². The van der Waals surface area contributed by atoms with E-state index in [0.717, 1.165) is 18.5 Å². The first-order valence-corrected chi connectivity index (χ1v) is 6.68. The Bertz CT molecular complexity index is 485. The van der Waals surface area contributed by atoms with Crippen LogP contribution < -0.4 is 4.74 Å². The normalized spacial score (nSPS) is 15.2. The third-order valence-corrected chi connectivity index (χ3v) is 3.09. The summed E-state index contributed by atoms with van der Waals surface area (Å²) in [5.41, 5.74) is 1.44. The summed E-state index contributed by atoms with van der Waals surface area (Å²) in [4.78, 5) is 18.1. The van der Waals surface area contributed by atoms with Crippen LogP contribution in [0.5, 0.6) is 5.75 Å². The van der Waals surface area contributed by atoms with E-state index < -0.39 is 0 Å². The van der Waals surface area contributed by atoms with E-state index in [9.17, 15) is 4.79 Å². The molecule has 1 fully saturated rings. The molecular weight excluding hydrogens is 240 g/mol. The number of nitrogens with zero attached hydrogens (tertiary/aromatic N) is 2. The maximum absolute atomic E-state index is 12.1. The molecule has 4 nitrogen and oxygen atoms in total. The molecule has 0 radical (unpaired) electrons. The van der Waals surface area contributed by atoms with Gasteiger partial charge in [0.2, 0.25) is 0 Å². The molecule has 0 N–H and O–H groups in total. The van der Waals surface area contributed by atoms with Gasteiger partial charge in [-0.05, 0) is 12.8 Å². The van der Waals surface area contributed by atoms with Crippen LogP contribution in [0.15, 0.2) is 12.3 Å². The van der Waals surface area contributed by atoms with Gasteiger partial charge in [-0.1, -0.05) is 20.8 Å². The average Bonchev–Trinajstić information content (AvgIpc) is 3.10. The lowest BCUT2D eigenvalue weighted by Crippen LogP contribution is -2.24. The number of rotatable bonds is 3. The molecule has 1 saturated carbocycles. The summed E-state index contributed by atoms with van der Waals surface area (Å²) in [5, 5.41) is 0. The Labute approximate surface area is 114 Å². The number of aromatic nitrogens is 1. The Kier molecular flexibility index (Phi) is 3.52. The SMILES string of the molecule is CN(C)C(=O)c1cnc(C(C)(C)C)cc1OC1CC1. The zero-order valence-electron chi connectivity index (χ0n) is 12.4. The second-order valence-electron chi connectivity index (χ2n) is 6.33. The van der Waals surface area contributed by atoms with Crippen LogP contribution in [0.25, 0.3) is 0 Å². The van der Waals surface area contributed by atoms with E-state index in [4.69, 9.17) is 4.74 Å². The fourth-order valence-electron chi connectivity index (χ4n) is 1.71. The first-order valence-electron chi connectivity index (χ1n) is 6.68. The van der Waals surface area contributed by atoms with E-state index in [0.29, 0.717) is 11.3 Å². The topological polar surface area (TPSA) is 42.4 Å². The second-order valence-corrected chi connectivity index (χ2v) is 6.33. The number of hydrogen-bond acceptors (Lipinski definition) is 3. The van der Waals surface area contributed by atoms with Gasteiger partial charge in [0.1, 0.15) is 5.75 Å². The van der Waals surface area contributed by atoms with Crippen molar-refractivity contribution < 1.29 is 9.53 Å². The number of hydrogen-bond donors (Lipinski definition) is 0. The van der Waals surface area contributed by atoms with Crippen molar-refractivity contribution in [2.24, 2.45) is 0 Å². The number of pyridine rings is 1. The van der Waals surface area contributed by atoms with Crippen LogP contribution >= 0.6 is 0 Å². The highest BCUT2D eigenvalue weighted by atomic mass is 16.5. The second kappa shape index (κ2) is 4.83. The largest absolute Gasteiger partial charge is 0.489 e. The molecule has 1 aromatic rings. The van der Waals surface area contributed by atoms with Crippen LogP contribution in [0.1, 0.15) is 49.7 Å². The fourth-order valence-corrected chi connectivity index (χ4v) is 1.71. The molecule has 0 spiro atoms. The lowest BCUT2D eigenvalue weighted by Gasteiger charge is -2.21. The van der Waals surface area contributed by atoms with Crippen LogP contribution in [-0.4, -0.2) is 36.0 Å². The molecule has 0 bridgehead atoms. The summed E-state index contributed by atoms with van der Waals surface area (Å²) in [6.07, 6.45) is 4.05. The van der Waals surface area contributed by atoms with Crippen LogP contribution in [-0.2, 0) is 5.41 Å². The van der Waals surface area contributed by atoms with Crippen molar-refractivity contribution in [1.29, 1.82) is 0 Å². The van der Waals surface area contributed by atoms with Crippen molar-refractivity contribution in [2.75, 3.05) is 14.1 Å². The Morgan fingerprint density at radius 2 is 2.00 bits per heavy atom. The number of carbonyl (C=O) groups is 1. The summed E-state index contributed by atoms with van der Waals surface area (Å²) >= 11 is 0. The zero-order chi connectivity index (χ0) is 14.2. The zero-order valence-corrected chi connectivity index (χ0v) is 12.4. The van der Waals surface area contributed by atoms with Gasteiger partial charge < -0.3 is 9.64 Å². The summed E-state index contributed by atoms with van der Waals surface area (Å²) in [7, 11) is 3.47. The van der Waals surface area contributed by atoms with E-state index in [-0.39, 0.29) is 17.4 Å². The highest BCUT2D eigenvalue weighted by Crippen LogP contribution is 2.32. The molecule has 1 heterocycles. The predicted molar refractivity (Wildman–Crippen MR) is 74.6 cm³/mol. The molecule has 1 aliphatic carbocycles. The van der Waals surface area contributed by atoms with Crippen molar-refractivity contribution >= 4 is 5.91 Å². The molecule has 4 heteroatoms. The van der Waals surface area contributed by atoms with Gasteiger partial charge in [0.25, 0.3) is 5.91 Å². The van der Waals surface area contributed by atoms with Gasteiger partial charge in [-0.2, -0.15) is 0 Å². The monoisotopic (exact) mass is 262 g/mol. The molecule has 0 atom stereocenters. The van der Waals surface area contributed by atoms with Crippen molar-refractivity contribution in [3.05, 3.63) is 23.5 Å². The molecule has 19 heavy (non-hydrogen) atoms. The van der Waals surface area contributed by atoms with Crippen molar-refractivity contribution in [1.82, 2.24) is 9.88 Å². The Hall–Kier alpha value is -1.58. The minimum absolute atomic E-state index is 0.0542. The van der Waals surface area contributed by atoms with Crippen LogP contribution in [0.4, 0.5) is 0 Å². The standard InChI is InChI=1S/C15H22N2O2/c1-15(2,3)13-8-12(19-10-6-7-10)11(9-16-13)14(18)17(4)5/h8-10H,6-7H2,1-5H3.